The topological polar surface area (TPSA) is 29.1 Å². The molecule has 2 nitrogen and oxygen atoms in total. The zero-order chi connectivity index (χ0) is 11.0. The van der Waals surface area contributed by atoms with E-state index < -0.39 is 17.9 Å². The van der Waals surface area contributed by atoms with Crippen LogP contribution in [0.5, 0.6) is 0 Å². The second kappa shape index (κ2) is 3.48. The van der Waals surface area contributed by atoms with Gasteiger partial charge in [-0.2, -0.15) is 0 Å². The average Bonchev–Trinajstić information content (AvgIpc) is 2.80. The lowest BCUT2D eigenvalue weighted by atomic mass is 9.88. The summed E-state index contributed by atoms with van der Waals surface area (Å²) in [7, 11) is 0. The first-order valence-corrected chi connectivity index (χ1v) is 4.89. The summed E-state index contributed by atoms with van der Waals surface area (Å²) in [4.78, 5) is 11.1. The summed E-state index contributed by atoms with van der Waals surface area (Å²) in [5.41, 5.74) is -1.11. The Kier molecular flexibility index (Phi) is 2.83. The minimum atomic E-state index is -2.85. The van der Waals surface area contributed by atoms with Crippen LogP contribution in [-0.2, 0) is 4.79 Å². The van der Waals surface area contributed by atoms with Crippen molar-refractivity contribution in [3.8, 4) is 0 Å². The van der Waals surface area contributed by atoms with Crippen LogP contribution in [0.2, 0.25) is 0 Å². The minimum Gasteiger partial charge on any atom is -0.350 e. The fourth-order valence-electron chi connectivity index (χ4n) is 0.953. The number of amides is 1. The van der Waals surface area contributed by atoms with Crippen molar-refractivity contribution in [3.63, 3.8) is 0 Å². The molecule has 0 spiro atoms. The van der Waals surface area contributed by atoms with Gasteiger partial charge in [-0.25, -0.2) is 8.78 Å². The molecular formula is C10H17F2NO. The fraction of sp³-hybridized carbons (Fsp3) is 0.900. The fourth-order valence-corrected chi connectivity index (χ4v) is 0.953. The van der Waals surface area contributed by atoms with Gasteiger partial charge in [0, 0.05) is 11.3 Å². The zero-order valence-electron chi connectivity index (χ0n) is 8.86. The van der Waals surface area contributed by atoms with Crippen LogP contribution < -0.4 is 5.32 Å². The molecule has 14 heavy (non-hydrogen) atoms. The van der Waals surface area contributed by atoms with E-state index in [-0.39, 0.29) is 11.8 Å². The standard InChI is InChI=1S/C10H17F2NO/c1-9(2,3)10(11,12)6-13-8(14)7-4-5-7/h7H,4-6H2,1-3H3,(H,13,14). The van der Waals surface area contributed by atoms with E-state index in [9.17, 15) is 13.6 Å². The normalized spacial score (nSPS) is 18.1. The Labute approximate surface area is 83.1 Å². The van der Waals surface area contributed by atoms with Crippen molar-refractivity contribution in [3.05, 3.63) is 0 Å². The number of carbonyl (C=O) groups excluding carboxylic acids is 1. The van der Waals surface area contributed by atoms with Crippen LogP contribution in [0.1, 0.15) is 33.6 Å². The molecule has 1 amide bonds. The Balaban J connectivity index is 2.39. The van der Waals surface area contributed by atoms with Gasteiger partial charge in [-0.05, 0) is 12.8 Å². The van der Waals surface area contributed by atoms with Crippen molar-refractivity contribution < 1.29 is 13.6 Å². The molecule has 0 saturated heterocycles. The summed E-state index contributed by atoms with van der Waals surface area (Å²) in [5, 5.41) is 2.30. The number of hydrogen-bond donors (Lipinski definition) is 1. The number of halogens is 2. The monoisotopic (exact) mass is 205 g/mol. The van der Waals surface area contributed by atoms with Gasteiger partial charge in [0.15, 0.2) is 0 Å². The van der Waals surface area contributed by atoms with Gasteiger partial charge in [0.1, 0.15) is 0 Å². The van der Waals surface area contributed by atoms with Crippen LogP contribution in [0.25, 0.3) is 0 Å². The van der Waals surface area contributed by atoms with Crippen molar-refractivity contribution in [2.45, 2.75) is 39.5 Å². The zero-order valence-corrected chi connectivity index (χ0v) is 8.86. The van der Waals surface area contributed by atoms with Crippen molar-refractivity contribution in [2.24, 2.45) is 11.3 Å². The molecule has 0 unspecified atom stereocenters. The molecule has 1 aliphatic carbocycles. The van der Waals surface area contributed by atoms with Crippen molar-refractivity contribution in [1.29, 1.82) is 0 Å². The van der Waals surface area contributed by atoms with Gasteiger partial charge >= 0.3 is 0 Å². The number of nitrogens with one attached hydrogen (secondary N) is 1. The molecule has 1 N–H and O–H groups in total. The summed E-state index contributed by atoms with van der Waals surface area (Å²) in [6, 6.07) is 0. The smallest absolute Gasteiger partial charge is 0.269 e. The molecule has 82 valence electrons. The van der Waals surface area contributed by atoms with E-state index in [4.69, 9.17) is 0 Å². The lowest BCUT2D eigenvalue weighted by molar-refractivity contribution is -0.129. The second-order valence-electron chi connectivity index (χ2n) is 4.95. The highest BCUT2D eigenvalue weighted by Crippen LogP contribution is 2.35. The third-order valence-electron chi connectivity index (χ3n) is 2.53. The Morgan fingerprint density at radius 2 is 1.86 bits per heavy atom. The first-order chi connectivity index (χ1) is 6.24. The van der Waals surface area contributed by atoms with Gasteiger partial charge in [-0.3, -0.25) is 4.79 Å². The Bertz CT molecular complexity index is 229. The summed E-state index contributed by atoms with van der Waals surface area (Å²) >= 11 is 0. The lowest BCUT2D eigenvalue weighted by Crippen LogP contribution is -2.45. The molecular weight excluding hydrogens is 188 g/mol. The maximum absolute atomic E-state index is 13.4. The van der Waals surface area contributed by atoms with Crippen LogP contribution in [-0.4, -0.2) is 18.4 Å². The predicted octanol–water partition coefficient (Wildman–Crippen LogP) is 2.19. The van der Waals surface area contributed by atoms with Gasteiger partial charge in [0.25, 0.3) is 5.92 Å². The maximum Gasteiger partial charge on any atom is 0.269 e. The lowest BCUT2D eigenvalue weighted by Gasteiger charge is -2.30. The number of alkyl halides is 2. The molecule has 0 atom stereocenters. The maximum atomic E-state index is 13.4. The van der Waals surface area contributed by atoms with E-state index >= 15 is 0 Å². The first kappa shape index (κ1) is 11.4. The number of hydrogen-bond acceptors (Lipinski definition) is 1. The van der Waals surface area contributed by atoms with Crippen LogP contribution in [0, 0.1) is 11.3 Å². The van der Waals surface area contributed by atoms with Gasteiger partial charge < -0.3 is 5.32 Å². The molecule has 0 radical (unpaired) electrons. The second-order valence-corrected chi connectivity index (χ2v) is 4.95. The van der Waals surface area contributed by atoms with E-state index in [2.05, 4.69) is 5.32 Å². The molecule has 0 aromatic carbocycles. The average molecular weight is 205 g/mol. The molecule has 0 aliphatic heterocycles. The first-order valence-electron chi connectivity index (χ1n) is 4.89. The molecule has 0 bridgehead atoms. The molecule has 0 aromatic rings. The summed E-state index contributed by atoms with van der Waals surface area (Å²) in [6.07, 6.45) is 1.68. The van der Waals surface area contributed by atoms with Gasteiger partial charge in [0.05, 0.1) is 6.54 Å². The quantitative estimate of drug-likeness (QED) is 0.751. The highest BCUT2D eigenvalue weighted by atomic mass is 19.3. The van der Waals surface area contributed by atoms with Crippen molar-refractivity contribution >= 4 is 5.91 Å². The Morgan fingerprint density at radius 1 is 1.36 bits per heavy atom. The number of rotatable bonds is 3. The van der Waals surface area contributed by atoms with E-state index in [1.165, 1.54) is 20.8 Å². The molecule has 4 heteroatoms. The van der Waals surface area contributed by atoms with Gasteiger partial charge in [0.2, 0.25) is 5.91 Å². The van der Waals surface area contributed by atoms with Crippen LogP contribution >= 0.6 is 0 Å². The third-order valence-corrected chi connectivity index (χ3v) is 2.53. The predicted molar refractivity (Wildman–Crippen MR) is 50.1 cm³/mol. The van der Waals surface area contributed by atoms with E-state index in [0.29, 0.717) is 0 Å². The molecule has 1 fully saturated rings. The number of carbonyl (C=O) groups is 1. The highest BCUT2D eigenvalue weighted by molar-refractivity contribution is 5.80. The SMILES string of the molecule is CC(C)(C)C(F)(F)CNC(=O)C1CC1. The third kappa shape index (κ3) is 2.66. The van der Waals surface area contributed by atoms with Gasteiger partial charge in [-0.15, -0.1) is 0 Å². The van der Waals surface area contributed by atoms with Crippen molar-refractivity contribution in [2.75, 3.05) is 6.54 Å². The largest absolute Gasteiger partial charge is 0.350 e. The summed E-state index contributed by atoms with van der Waals surface area (Å²) in [5.74, 6) is -3.09. The van der Waals surface area contributed by atoms with E-state index in [1.54, 1.807) is 0 Å². The molecule has 0 heterocycles. The molecule has 1 aliphatic rings. The van der Waals surface area contributed by atoms with E-state index in [1.807, 2.05) is 0 Å². The minimum absolute atomic E-state index is 0.00855. The molecule has 0 aromatic heterocycles. The van der Waals surface area contributed by atoms with Crippen molar-refractivity contribution in [1.82, 2.24) is 5.32 Å². The molecule has 1 rings (SSSR count). The Morgan fingerprint density at radius 3 is 2.21 bits per heavy atom. The van der Waals surface area contributed by atoms with E-state index in [0.717, 1.165) is 12.8 Å². The molecule has 1 saturated carbocycles. The van der Waals surface area contributed by atoms with Crippen LogP contribution in [0.15, 0.2) is 0 Å². The highest BCUT2D eigenvalue weighted by Gasteiger charge is 2.43. The van der Waals surface area contributed by atoms with Crippen LogP contribution in [0.3, 0.4) is 0 Å². The Hall–Kier alpha value is -0.670. The summed E-state index contributed by atoms with van der Waals surface area (Å²) in [6.45, 7) is 3.86. The summed E-state index contributed by atoms with van der Waals surface area (Å²) < 4.78 is 26.7. The van der Waals surface area contributed by atoms with Gasteiger partial charge in [-0.1, -0.05) is 20.8 Å². The van der Waals surface area contributed by atoms with Crippen LogP contribution in [0.4, 0.5) is 8.78 Å².